The molecule has 0 bridgehead atoms. The topological polar surface area (TPSA) is 55.2 Å². The van der Waals surface area contributed by atoms with Crippen LogP contribution in [-0.2, 0) is 6.54 Å². The molecule has 0 radical (unpaired) electrons. The standard InChI is InChI=1S/C14H18F2N2O2S/c1-21-11-4-2-10(3-5-11)17-8-9-6-14(18(19)20)13(16)7-12(9)15/h6-7,10-11,17H,2-5,8H2,1H3. The Morgan fingerprint density at radius 3 is 2.52 bits per heavy atom. The van der Waals surface area contributed by atoms with E-state index in [4.69, 9.17) is 0 Å². The Kier molecular flexibility index (Phi) is 5.52. The molecule has 1 aliphatic carbocycles. The number of nitrogens with one attached hydrogen (secondary N) is 1. The highest BCUT2D eigenvalue weighted by Crippen LogP contribution is 2.27. The lowest BCUT2D eigenvalue weighted by Gasteiger charge is -2.28. The molecule has 0 spiro atoms. The molecule has 4 nitrogen and oxygen atoms in total. The monoisotopic (exact) mass is 316 g/mol. The van der Waals surface area contributed by atoms with Crippen molar-refractivity contribution in [3.05, 3.63) is 39.4 Å². The molecule has 2 rings (SSSR count). The number of nitrogens with zero attached hydrogens (tertiary/aromatic N) is 1. The van der Waals surface area contributed by atoms with Gasteiger partial charge >= 0.3 is 5.69 Å². The van der Waals surface area contributed by atoms with Crippen LogP contribution in [0.4, 0.5) is 14.5 Å². The first-order valence-electron chi connectivity index (χ1n) is 6.89. The molecule has 0 unspecified atom stereocenters. The fourth-order valence-corrected chi connectivity index (χ4v) is 3.36. The summed E-state index contributed by atoms with van der Waals surface area (Å²) in [5, 5.41) is 14.6. The van der Waals surface area contributed by atoms with E-state index >= 15 is 0 Å². The first kappa shape index (κ1) is 16.2. The zero-order valence-corrected chi connectivity index (χ0v) is 12.6. The summed E-state index contributed by atoms with van der Waals surface area (Å²) < 4.78 is 26.9. The van der Waals surface area contributed by atoms with Gasteiger partial charge in [0, 0.05) is 35.5 Å². The summed E-state index contributed by atoms with van der Waals surface area (Å²) in [5.41, 5.74) is -0.547. The van der Waals surface area contributed by atoms with Crippen molar-refractivity contribution < 1.29 is 13.7 Å². The summed E-state index contributed by atoms with van der Waals surface area (Å²) in [4.78, 5) is 9.85. The largest absolute Gasteiger partial charge is 0.310 e. The van der Waals surface area contributed by atoms with Crippen LogP contribution < -0.4 is 5.32 Å². The highest BCUT2D eigenvalue weighted by molar-refractivity contribution is 7.99. The van der Waals surface area contributed by atoms with Crippen molar-refractivity contribution in [3.63, 3.8) is 0 Å². The highest BCUT2D eigenvalue weighted by atomic mass is 32.2. The Morgan fingerprint density at radius 2 is 1.95 bits per heavy atom. The zero-order valence-electron chi connectivity index (χ0n) is 11.8. The minimum Gasteiger partial charge on any atom is -0.310 e. The Balaban J connectivity index is 1.97. The number of thioether (sulfide) groups is 1. The maximum absolute atomic E-state index is 13.7. The van der Waals surface area contributed by atoms with Crippen LogP contribution in [-0.4, -0.2) is 22.5 Å². The van der Waals surface area contributed by atoms with Gasteiger partial charge in [0.25, 0.3) is 0 Å². The minimum absolute atomic E-state index is 0.134. The van der Waals surface area contributed by atoms with Crippen molar-refractivity contribution in [2.45, 2.75) is 43.5 Å². The molecule has 1 fully saturated rings. The molecule has 116 valence electrons. The highest BCUT2D eigenvalue weighted by Gasteiger charge is 2.22. The van der Waals surface area contributed by atoms with E-state index in [1.807, 2.05) is 11.8 Å². The Hall–Kier alpha value is -1.21. The van der Waals surface area contributed by atoms with E-state index in [2.05, 4.69) is 11.6 Å². The predicted molar refractivity (Wildman–Crippen MR) is 79.4 cm³/mol. The molecule has 0 atom stereocenters. The van der Waals surface area contributed by atoms with Gasteiger partial charge in [0.1, 0.15) is 5.82 Å². The predicted octanol–water partition coefficient (Wildman–Crippen LogP) is 3.64. The van der Waals surface area contributed by atoms with Crippen molar-refractivity contribution in [2.24, 2.45) is 0 Å². The maximum Gasteiger partial charge on any atom is 0.305 e. The summed E-state index contributed by atoms with van der Waals surface area (Å²) in [6.07, 6.45) is 6.36. The number of hydrogen-bond donors (Lipinski definition) is 1. The second-order valence-electron chi connectivity index (χ2n) is 5.24. The zero-order chi connectivity index (χ0) is 15.4. The lowest BCUT2D eigenvalue weighted by Crippen LogP contribution is -2.33. The number of nitro benzene ring substituents is 1. The van der Waals surface area contributed by atoms with Gasteiger partial charge in [-0.15, -0.1) is 0 Å². The number of nitro groups is 1. The number of benzene rings is 1. The van der Waals surface area contributed by atoms with Gasteiger partial charge in [0.2, 0.25) is 5.82 Å². The fraction of sp³-hybridized carbons (Fsp3) is 0.571. The summed E-state index contributed by atoms with van der Waals surface area (Å²) in [7, 11) is 0. The SMILES string of the molecule is CSC1CCC(NCc2cc([N+](=O)[O-])c(F)cc2F)CC1. The van der Waals surface area contributed by atoms with Crippen LogP contribution in [0.25, 0.3) is 0 Å². The molecule has 0 aliphatic heterocycles. The van der Waals surface area contributed by atoms with Crippen LogP contribution >= 0.6 is 11.8 Å². The van der Waals surface area contributed by atoms with Crippen LogP contribution in [0.2, 0.25) is 0 Å². The van der Waals surface area contributed by atoms with Gasteiger partial charge in [-0.25, -0.2) is 4.39 Å². The molecular weight excluding hydrogens is 298 g/mol. The number of rotatable bonds is 5. The van der Waals surface area contributed by atoms with Gasteiger partial charge in [0.15, 0.2) is 0 Å². The normalized spacial score (nSPS) is 22.2. The molecule has 1 N–H and O–H groups in total. The van der Waals surface area contributed by atoms with Gasteiger partial charge in [0.05, 0.1) is 4.92 Å². The number of halogens is 2. The Labute approximate surface area is 126 Å². The van der Waals surface area contributed by atoms with Crippen molar-refractivity contribution in [1.82, 2.24) is 5.32 Å². The first-order chi connectivity index (χ1) is 10.0. The van der Waals surface area contributed by atoms with Crippen LogP contribution in [0, 0.1) is 21.7 Å². The van der Waals surface area contributed by atoms with Crippen molar-refractivity contribution in [2.75, 3.05) is 6.26 Å². The molecule has 0 saturated heterocycles. The van der Waals surface area contributed by atoms with E-state index in [-0.39, 0.29) is 18.2 Å². The average Bonchev–Trinajstić information content (AvgIpc) is 2.46. The van der Waals surface area contributed by atoms with Crippen LogP contribution in [0.5, 0.6) is 0 Å². The smallest absolute Gasteiger partial charge is 0.305 e. The van der Waals surface area contributed by atoms with Crippen LogP contribution in [0.3, 0.4) is 0 Å². The summed E-state index contributed by atoms with van der Waals surface area (Å²) in [5.74, 6) is -1.88. The second-order valence-corrected chi connectivity index (χ2v) is 6.38. The minimum atomic E-state index is -1.14. The first-order valence-corrected chi connectivity index (χ1v) is 8.18. The van der Waals surface area contributed by atoms with E-state index < -0.39 is 22.2 Å². The maximum atomic E-state index is 13.7. The van der Waals surface area contributed by atoms with Gasteiger partial charge in [-0.05, 0) is 31.9 Å². The molecule has 0 amide bonds. The molecule has 1 aromatic carbocycles. The van der Waals surface area contributed by atoms with E-state index in [0.29, 0.717) is 11.3 Å². The third-order valence-corrected chi connectivity index (χ3v) is 5.04. The second kappa shape index (κ2) is 7.17. The van der Waals surface area contributed by atoms with Crippen molar-refractivity contribution in [1.29, 1.82) is 0 Å². The average molecular weight is 316 g/mol. The summed E-state index contributed by atoms with van der Waals surface area (Å²) >= 11 is 1.87. The molecule has 1 aliphatic rings. The quantitative estimate of drug-likeness (QED) is 0.665. The third-order valence-electron chi connectivity index (χ3n) is 3.90. The van der Waals surface area contributed by atoms with Gasteiger partial charge in [-0.3, -0.25) is 10.1 Å². The lowest BCUT2D eigenvalue weighted by molar-refractivity contribution is -0.387. The summed E-state index contributed by atoms with van der Waals surface area (Å²) in [6, 6.07) is 1.85. The molecule has 1 aromatic rings. The molecule has 0 aromatic heterocycles. The third kappa shape index (κ3) is 4.14. The Morgan fingerprint density at radius 1 is 1.29 bits per heavy atom. The van der Waals surface area contributed by atoms with E-state index in [0.717, 1.165) is 31.7 Å². The molecule has 7 heteroatoms. The Bertz CT molecular complexity index is 520. The van der Waals surface area contributed by atoms with Gasteiger partial charge < -0.3 is 5.32 Å². The van der Waals surface area contributed by atoms with E-state index in [9.17, 15) is 18.9 Å². The summed E-state index contributed by atoms with van der Waals surface area (Å²) in [6.45, 7) is 0.182. The van der Waals surface area contributed by atoms with Crippen molar-refractivity contribution >= 4 is 17.4 Å². The van der Waals surface area contributed by atoms with Gasteiger partial charge in [-0.2, -0.15) is 16.2 Å². The molecule has 21 heavy (non-hydrogen) atoms. The molecule has 0 heterocycles. The van der Waals surface area contributed by atoms with E-state index in [1.54, 1.807) is 0 Å². The fourth-order valence-electron chi connectivity index (χ4n) is 2.61. The van der Waals surface area contributed by atoms with Gasteiger partial charge in [-0.1, -0.05) is 0 Å². The van der Waals surface area contributed by atoms with Crippen molar-refractivity contribution in [3.8, 4) is 0 Å². The molecule has 1 saturated carbocycles. The van der Waals surface area contributed by atoms with Crippen LogP contribution in [0.1, 0.15) is 31.2 Å². The lowest BCUT2D eigenvalue weighted by atomic mass is 9.95. The number of hydrogen-bond acceptors (Lipinski definition) is 4. The molecular formula is C14H18F2N2O2S. The van der Waals surface area contributed by atoms with E-state index in [1.165, 1.54) is 0 Å². The van der Waals surface area contributed by atoms with Crippen LogP contribution in [0.15, 0.2) is 12.1 Å².